The number of fused-ring (bicyclic) bond motifs is 1. The van der Waals surface area contributed by atoms with E-state index in [0.717, 1.165) is 43.5 Å². The lowest BCUT2D eigenvalue weighted by Crippen LogP contribution is -2.35. The van der Waals surface area contributed by atoms with Crippen LogP contribution in [0.25, 0.3) is 0 Å². The van der Waals surface area contributed by atoms with Gasteiger partial charge in [-0.25, -0.2) is 0 Å². The van der Waals surface area contributed by atoms with Gasteiger partial charge in [-0.05, 0) is 38.8 Å². The third kappa shape index (κ3) is 3.24. The maximum absolute atomic E-state index is 12.9. The smallest absolute Gasteiger partial charge is 0.274 e. The summed E-state index contributed by atoms with van der Waals surface area (Å²) >= 11 is 0. The molecule has 0 spiro atoms. The number of hydrogen-bond acceptors (Lipinski definition) is 4. The largest absolute Gasteiger partial charge is 0.472 e. The summed E-state index contributed by atoms with van der Waals surface area (Å²) in [5.41, 5.74) is 3.95. The number of hydrogen-bond donors (Lipinski definition) is 1. The summed E-state index contributed by atoms with van der Waals surface area (Å²) < 4.78 is 7.08. The minimum atomic E-state index is -0.0169. The molecular weight excluding hydrogens is 304 g/mol. The molecule has 24 heavy (non-hydrogen) atoms. The molecule has 1 N–H and O–H groups in total. The molecule has 1 aliphatic carbocycles. The van der Waals surface area contributed by atoms with E-state index in [2.05, 4.69) is 24.3 Å². The van der Waals surface area contributed by atoms with Crippen molar-refractivity contribution in [2.45, 2.75) is 52.2 Å². The van der Waals surface area contributed by atoms with Crippen molar-refractivity contribution in [3.8, 4) is 0 Å². The molecule has 0 saturated carbocycles. The van der Waals surface area contributed by atoms with E-state index in [1.807, 2.05) is 17.8 Å². The average molecular weight is 330 g/mol. The van der Waals surface area contributed by atoms with E-state index in [-0.39, 0.29) is 5.91 Å². The van der Waals surface area contributed by atoms with Crippen molar-refractivity contribution in [1.82, 2.24) is 20.0 Å². The van der Waals surface area contributed by atoms with Gasteiger partial charge in [0.05, 0.1) is 12.5 Å². The first-order chi connectivity index (χ1) is 11.6. The number of rotatable bonds is 6. The van der Waals surface area contributed by atoms with Crippen LogP contribution in [-0.2, 0) is 25.9 Å². The van der Waals surface area contributed by atoms with Crippen LogP contribution in [0, 0.1) is 0 Å². The fraction of sp³-hybridized carbons (Fsp3) is 0.556. The van der Waals surface area contributed by atoms with Crippen LogP contribution in [0.2, 0.25) is 0 Å². The zero-order chi connectivity index (χ0) is 17.1. The number of nitrogens with one attached hydrogen (secondary N) is 1. The Kier molecular flexibility index (Phi) is 5.04. The highest BCUT2D eigenvalue weighted by Crippen LogP contribution is 2.26. The highest BCUT2D eigenvalue weighted by atomic mass is 16.3. The van der Waals surface area contributed by atoms with Crippen molar-refractivity contribution in [3.05, 3.63) is 41.1 Å². The number of aryl methyl sites for hydroxylation is 1. The Morgan fingerprint density at radius 2 is 2.33 bits per heavy atom. The van der Waals surface area contributed by atoms with Crippen molar-refractivity contribution >= 4 is 5.91 Å². The van der Waals surface area contributed by atoms with E-state index in [0.29, 0.717) is 18.3 Å². The number of carbonyl (C=O) groups excluding carboxylic acids is 1. The molecule has 6 heteroatoms. The second-order valence-electron chi connectivity index (χ2n) is 6.38. The summed E-state index contributed by atoms with van der Waals surface area (Å²) in [4.78, 5) is 14.6. The summed E-state index contributed by atoms with van der Waals surface area (Å²) in [6.45, 7) is 6.47. The number of furan rings is 1. The number of amides is 1. The highest BCUT2D eigenvalue weighted by molar-refractivity contribution is 5.94. The van der Waals surface area contributed by atoms with Crippen LogP contribution in [0.4, 0.5) is 0 Å². The lowest BCUT2D eigenvalue weighted by molar-refractivity contribution is 0.0777. The molecule has 1 amide bonds. The summed E-state index contributed by atoms with van der Waals surface area (Å²) in [5, 5.41) is 8.14. The van der Waals surface area contributed by atoms with Gasteiger partial charge in [-0.15, -0.1) is 0 Å². The van der Waals surface area contributed by atoms with E-state index in [1.54, 1.807) is 17.4 Å². The maximum atomic E-state index is 12.9. The zero-order valence-electron chi connectivity index (χ0n) is 14.7. The van der Waals surface area contributed by atoms with Crippen molar-refractivity contribution in [3.63, 3.8) is 0 Å². The van der Waals surface area contributed by atoms with Crippen LogP contribution < -0.4 is 5.32 Å². The molecule has 0 saturated heterocycles. The normalized spacial score (nSPS) is 16.9. The number of likely N-dealkylation sites (N-methyl/N-ethyl adjacent to an activating group) is 1. The Hall–Kier alpha value is -2.08. The van der Waals surface area contributed by atoms with Crippen LogP contribution in [0.3, 0.4) is 0 Å². The molecular formula is C18H26N4O2. The highest BCUT2D eigenvalue weighted by Gasteiger charge is 2.29. The number of aromatic nitrogens is 2. The van der Waals surface area contributed by atoms with Gasteiger partial charge in [-0.1, -0.05) is 6.92 Å². The minimum Gasteiger partial charge on any atom is -0.472 e. The lowest BCUT2D eigenvalue weighted by atomic mass is 9.91. The minimum absolute atomic E-state index is 0.0169. The molecule has 2 heterocycles. The van der Waals surface area contributed by atoms with E-state index >= 15 is 0 Å². The van der Waals surface area contributed by atoms with E-state index in [4.69, 9.17) is 4.42 Å². The van der Waals surface area contributed by atoms with Gasteiger partial charge in [0.2, 0.25) is 0 Å². The second kappa shape index (κ2) is 7.21. The number of carbonyl (C=O) groups is 1. The van der Waals surface area contributed by atoms with E-state index in [9.17, 15) is 4.79 Å². The van der Waals surface area contributed by atoms with Crippen LogP contribution in [-0.4, -0.2) is 40.2 Å². The fourth-order valence-corrected chi connectivity index (χ4v) is 3.49. The first-order valence-corrected chi connectivity index (χ1v) is 8.72. The predicted molar refractivity (Wildman–Crippen MR) is 91.9 cm³/mol. The Balaban J connectivity index is 1.84. The molecule has 1 unspecified atom stereocenters. The van der Waals surface area contributed by atoms with Crippen molar-refractivity contribution in [2.24, 2.45) is 0 Å². The second-order valence-corrected chi connectivity index (χ2v) is 6.38. The van der Waals surface area contributed by atoms with Crippen molar-refractivity contribution in [1.29, 1.82) is 0 Å². The Bertz CT molecular complexity index is 690. The molecule has 130 valence electrons. The van der Waals surface area contributed by atoms with Gasteiger partial charge in [0.1, 0.15) is 0 Å². The van der Waals surface area contributed by atoms with Gasteiger partial charge in [0.25, 0.3) is 5.91 Å². The molecule has 3 rings (SSSR count). The molecule has 0 fully saturated rings. The molecule has 2 aromatic rings. The van der Waals surface area contributed by atoms with Gasteiger partial charge in [0, 0.05) is 43.0 Å². The zero-order valence-corrected chi connectivity index (χ0v) is 14.7. The van der Waals surface area contributed by atoms with Crippen LogP contribution >= 0.6 is 0 Å². The molecule has 1 aliphatic rings. The van der Waals surface area contributed by atoms with E-state index < -0.39 is 0 Å². The van der Waals surface area contributed by atoms with Gasteiger partial charge < -0.3 is 14.6 Å². The van der Waals surface area contributed by atoms with Gasteiger partial charge in [-0.2, -0.15) is 5.10 Å². The summed E-state index contributed by atoms with van der Waals surface area (Å²) in [6.07, 6.45) is 6.26. The first-order valence-electron chi connectivity index (χ1n) is 8.72. The SMILES string of the molecule is CCNC1CCc2c(c(C(=O)N(C)Cc3ccoc3)nn2CC)C1. The molecule has 0 bridgehead atoms. The molecule has 2 aromatic heterocycles. The quantitative estimate of drug-likeness (QED) is 0.882. The lowest BCUT2D eigenvalue weighted by Gasteiger charge is -2.24. The topological polar surface area (TPSA) is 63.3 Å². The first kappa shape index (κ1) is 16.8. The van der Waals surface area contributed by atoms with Gasteiger partial charge in [-0.3, -0.25) is 9.48 Å². The fourth-order valence-electron chi connectivity index (χ4n) is 3.49. The third-order valence-corrected chi connectivity index (χ3v) is 4.69. The predicted octanol–water partition coefficient (Wildman–Crippen LogP) is 2.23. The summed E-state index contributed by atoms with van der Waals surface area (Å²) in [5.74, 6) is -0.0169. The average Bonchev–Trinajstić information content (AvgIpc) is 3.21. The van der Waals surface area contributed by atoms with Crippen LogP contribution in [0.1, 0.15) is 47.6 Å². The third-order valence-electron chi connectivity index (χ3n) is 4.69. The van der Waals surface area contributed by atoms with Crippen LogP contribution in [0.5, 0.6) is 0 Å². The summed E-state index contributed by atoms with van der Waals surface area (Å²) in [6, 6.07) is 2.31. The number of nitrogens with zero attached hydrogens (tertiary/aromatic N) is 3. The molecule has 1 atom stereocenters. The van der Waals surface area contributed by atoms with E-state index in [1.165, 1.54) is 5.69 Å². The monoisotopic (exact) mass is 330 g/mol. The van der Waals surface area contributed by atoms with Crippen molar-refractivity contribution in [2.75, 3.05) is 13.6 Å². The maximum Gasteiger partial charge on any atom is 0.274 e. The molecule has 0 radical (unpaired) electrons. The summed E-state index contributed by atoms with van der Waals surface area (Å²) in [7, 11) is 1.82. The van der Waals surface area contributed by atoms with Crippen LogP contribution in [0.15, 0.2) is 23.0 Å². The molecule has 6 nitrogen and oxygen atoms in total. The Morgan fingerprint density at radius 1 is 1.50 bits per heavy atom. The molecule has 0 aliphatic heterocycles. The van der Waals surface area contributed by atoms with Crippen molar-refractivity contribution < 1.29 is 9.21 Å². The Labute approximate surface area is 142 Å². The van der Waals surface area contributed by atoms with Gasteiger partial charge in [0.15, 0.2) is 5.69 Å². The molecule has 0 aromatic carbocycles. The Morgan fingerprint density at radius 3 is 3.00 bits per heavy atom. The van der Waals surface area contributed by atoms with Gasteiger partial charge >= 0.3 is 0 Å². The standard InChI is InChI=1S/C18H26N4O2/c1-4-19-14-6-7-16-15(10-14)17(20-22(16)5-2)18(23)21(3)11-13-8-9-24-12-13/h8-9,12,14,19H,4-7,10-11H2,1-3H3.